The molecule has 3 rings (SSSR count). The number of aromatic nitrogens is 1. The second-order valence-electron chi connectivity index (χ2n) is 6.62. The highest BCUT2D eigenvalue weighted by Crippen LogP contribution is 2.27. The number of rotatable bonds is 5. The highest BCUT2D eigenvalue weighted by molar-refractivity contribution is 7.89. The Labute approximate surface area is 165 Å². The van der Waals surface area contributed by atoms with Crippen molar-refractivity contribution in [3.63, 3.8) is 0 Å². The van der Waals surface area contributed by atoms with Gasteiger partial charge in [-0.15, -0.1) is 0 Å². The minimum absolute atomic E-state index is 0.144. The number of anilines is 1. The number of hydrogen-bond donors (Lipinski definition) is 0. The second-order valence-corrected chi connectivity index (χ2v) is 8.53. The normalized spacial score (nSPS) is 15.5. The van der Waals surface area contributed by atoms with Crippen molar-refractivity contribution in [2.45, 2.75) is 11.8 Å². The van der Waals surface area contributed by atoms with Crippen LogP contribution in [0.5, 0.6) is 5.75 Å². The van der Waals surface area contributed by atoms with Crippen LogP contribution in [0.15, 0.2) is 35.2 Å². The van der Waals surface area contributed by atoms with Crippen molar-refractivity contribution in [1.82, 2.24) is 8.87 Å². The Hall–Kier alpha value is -2.52. The van der Waals surface area contributed by atoms with Crippen LogP contribution in [0.4, 0.5) is 5.69 Å². The number of esters is 1. The molecule has 0 unspecified atom stereocenters. The first-order valence-corrected chi connectivity index (χ1v) is 10.4. The van der Waals surface area contributed by atoms with Crippen LogP contribution >= 0.6 is 0 Å². The number of benzene rings is 1. The van der Waals surface area contributed by atoms with Gasteiger partial charge in [0.25, 0.3) is 0 Å². The monoisotopic (exact) mass is 407 g/mol. The Morgan fingerprint density at radius 1 is 1.07 bits per heavy atom. The van der Waals surface area contributed by atoms with Crippen molar-refractivity contribution in [3.05, 3.63) is 41.7 Å². The SMILES string of the molecule is COC(=O)c1cc(S(=O)(=O)N2CCN(c3cccc(OC)c3)CC2)c(C)n1C. The van der Waals surface area contributed by atoms with E-state index in [1.54, 1.807) is 25.6 Å². The first-order chi connectivity index (χ1) is 13.3. The Bertz CT molecular complexity index is 975. The summed E-state index contributed by atoms with van der Waals surface area (Å²) in [6.45, 7) is 3.55. The molecule has 0 N–H and O–H groups in total. The van der Waals surface area contributed by atoms with Crippen molar-refractivity contribution in [2.24, 2.45) is 7.05 Å². The van der Waals surface area contributed by atoms with Gasteiger partial charge in [-0.25, -0.2) is 13.2 Å². The van der Waals surface area contributed by atoms with Crippen LogP contribution in [-0.4, -0.2) is 63.7 Å². The van der Waals surface area contributed by atoms with E-state index in [-0.39, 0.29) is 10.6 Å². The maximum absolute atomic E-state index is 13.2. The summed E-state index contributed by atoms with van der Waals surface area (Å²) in [6, 6.07) is 9.11. The largest absolute Gasteiger partial charge is 0.497 e. The lowest BCUT2D eigenvalue weighted by molar-refractivity contribution is 0.0589. The van der Waals surface area contributed by atoms with Crippen LogP contribution in [0.25, 0.3) is 0 Å². The molecule has 1 fully saturated rings. The van der Waals surface area contributed by atoms with Crippen LogP contribution in [0.3, 0.4) is 0 Å². The number of hydrogen-bond acceptors (Lipinski definition) is 6. The summed E-state index contributed by atoms with van der Waals surface area (Å²) in [5.74, 6) is 0.206. The van der Waals surface area contributed by atoms with E-state index in [1.165, 1.54) is 17.5 Å². The molecule has 152 valence electrons. The number of sulfonamides is 1. The third kappa shape index (κ3) is 3.59. The van der Waals surface area contributed by atoms with Gasteiger partial charge in [0.05, 0.1) is 14.2 Å². The van der Waals surface area contributed by atoms with Crippen molar-refractivity contribution < 1.29 is 22.7 Å². The zero-order valence-corrected chi connectivity index (χ0v) is 17.3. The van der Waals surface area contributed by atoms with Crippen LogP contribution in [0.1, 0.15) is 16.2 Å². The number of methoxy groups -OCH3 is 2. The van der Waals surface area contributed by atoms with Gasteiger partial charge in [-0.1, -0.05) is 6.07 Å². The standard InChI is InChI=1S/C19H25N3O5S/c1-14-18(13-17(20(14)2)19(23)27-4)28(24,25)22-10-8-21(9-11-22)15-6-5-7-16(12-15)26-3/h5-7,12-13H,8-11H2,1-4H3. The van der Waals surface area contributed by atoms with Crippen molar-refractivity contribution in [2.75, 3.05) is 45.3 Å². The fourth-order valence-electron chi connectivity index (χ4n) is 3.37. The molecule has 1 aliphatic heterocycles. The van der Waals surface area contributed by atoms with Gasteiger partial charge in [-0.05, 0) is 25.1 Å². The number of carbonyl (C=O) groups is 1. The summed E-state index contributed by atoms with van der Waals surface area (Å²) < 4.78 is 39.3. The molecule has 1 aromatic heterocycles. The van der Waals surface area contributed by atoms with Crippen molar-refractivity contribution in [3.8, 4) is 5.75 Å². The molecule has 0 radical (unpaired) electrons. The van der Waals surface area contributed by atoms with Gasteiger partial charge in [0.2, 0.25) is 10.0 Å². The molecular weight excluding hydrogens is 382 g/mol. The molecule has 0 spiro atoms. The molecule has 2 aromatic rings. The Morgan fingerprint density at radius 2 is 1.75 bits per heavy atom. The molecule has 0 aliphatic carbocycles. The molecule has 0 bridgehead atoms. The summed E-state index contributed by atoms with van der Waals surface area (Å²) in [4.78, 5) is 14.2. The average molecular weight is 407 g/mol. The summed E-state index contributed by atoms with van der Waals surface area (Å²) in [5.41, 5.74) is 1.73. The molecule has 0 saturated carbocycles. The third-order valence-electron chi connectivity index (χ3n) is 5.16. The first-order valence-electron chi connectivity index (χ1n) is 8.93. The number of carbonyl (C=O) groups excluding carboxylic acids is 1. The van der Waals surface area contributed by atoms with E-state index in [4.69, 9.17) is 9.47 Å². The van der Waals surface area contributed by atoms with E-state index >= 15 is 0 Å². The smallest absolute Gasteiger partial charge is 0.354 e. The lowest BCUT2D eigenvalue weighted by Crippen LogP contribution is -2.48. The molecule has 1 aliphatic rings. The molecule has 1 saturated heterocycles. The van der Waals surface area contributed by atoms with Crippen molar-refractivity contribution in [1.29, 1.82) is 0 Å². The summed E-state index contributed by atoms with van der Waals surface area (Å²) in [6.07, 6.45) is 0. The summed E-state index contributed by atoms with van der Waals surface area (Å²) >= 11 is 0. The highest BCUT2D eigenvalue weighted by Gasteiger charge is 2.32. The molecule has 28 heavy (non-hydrogen) atoms. The van der Waals surface area contributed by atoms with Gasteiger partial charge < -0.3 is 18.9 Å². The van der Waals surface area contributed by atoms with Crippen LogP contribution in [-0.2, 0) is 21.8 Å². The molecule has 9 heteroatoms. The fraction of sp³-hybridized carbons (Fsp3) is 0.421. The zero-order chi connectivity index (χ0) is 20.5. The lowest BCUT2D eigenvalue weighted by Gasteiger charge is -2.35. The lowest BCUT2D eigenvalue weighted by atomic mass is 10.2. The minimum atomic E-state index is -3.70. The zero-order valence-electron chi connectivity index (χ0n) is 16.5. The Balaban J connectivity index is 1.79. The predicted molar refractivity (Wildman–Crippen MR) is 105 cm³/mol. The Morgan fingerprint density at radius 3 is 2.36 bits per heavy atom. The van der Waals surface area contributed by atoms with Gasteiger partial charge in [0.15, 0.2) is 0 Å². The number of ether oxygens (including phenoxy) is 2. The quantitative estimate of drug-likeness (QED) is 0.701. The van der Waals surface area contributed by atoms with Gasteiger partial charge in [0.1, 0.15) is 16.3 Å². The van der Waals surface area contributed by atoms with Gasteiger partial charge in [-0.2, -0.15) is 4.31 Å². The predicted octanol–water partition coefficient (Wildman–Crippen LogP) is 1.64. The Kier molecular flexibility index (Phi) is 5.66. The molecule has 2 heterocycles. The van der Waals surface area contributed by atoms with E-state index in [1.807, 2.05) is 24.3 Å². The summed E-state index contributed by atoms with van der Waals surface area (Å²) in [5, 5.41) is 0. The van der Waals surface area contributed by atoms with E-state index in [0.29, 0.717) is 31.9 Å². The highest BCUT2D eigenvalue weighted by atomic mass is 32.2. The van der Waals surface area contributed by atoms with Gasteiger partial charge in [0, 0.05) is 50.7 Å². The van der Waals surface area contributed by atoms with Gasteiger partial charge >= 0.3 is 5.97 Å². The van der Waals surface area contributed by atoms with E-state index in [0.717, 1.165) is 11.4 Å². The van der Waals surface area contributed by atoms with E-state index in [9.17, 15) is 13.2 Å². The van der Waals surface area contributed by atoms with Crippen LogP contribution in [0.2, 0.25) is 0 Å². The minimum Gasteiger partial charge on any atom is -0.497 e. The molecular formula is C19H25N3O5S. The van der Waals surface area contributed by atoms with Crippen LogP contribution in [0, 0.1) is 6.92 Å². The maximum atomic E-state index is 13.2. The number of nitrogens with zero attached hydrogens (tertiary/aromatic N) is 3. The fourth-order valence-corrected chi connectivity index (χ4v) is 5.06. The third-order valence-corrected chi connectivity index (χ3v) is 7.17. The average Bonchev–Trinajstić information content (AvgIpc) is 3.03. The van der Waals surface area contributed by atoms with Crippen molar-refractivity contribution >= 4 is 21.7 Å². The molecule has 0 atom stereocenters. The topological polar surface area (TPSA) is 81.1 Å². The first kappa shape index (κ1) is 20.2. The second kappa shape index (κ2) is 7.84. The number of piperazine rings is 1. The molecule has 0 amide bonds. The maximum Gasteiger partial charge on any atom is 0.354 e. The molecule has 8 nitrogen and oxygen atoms in total. The van der Waals surface area contributed by atoms with E-state index in [2.05, 4.69) is 4.90 Å². The van der Waals surface area contributed by atoms with Gasteiger partial charge in [-0.3, -0.25) is 0 Å². The summed E-state index contributed by atoms with van der Waals surface area (Å²) in [7, 11) is 0.847. The van der Waals surface area contributed by atoms with Crippen LogP contribution < -0.4 is 9.64 Å². The molecule has 1 aromatic carbocycles. The van der Waals surface area contributed by atoms with E-state index < -0.39 is 16.0 Å².